The van der Waals surface area contributed by atoms with E-state index in [-0.39, 0.29) is 41.3 Å². The maximum atomic E-state index is 14.2. The van der Waals surface area contributed by atoms with E-state index in [1.807, 2.05) is 13.8 Å². The SMILES string of the molecule is C[C@H](NC(=O)[C@@H]1[C@@H]2[C@H](CN1C(=O)c1cc(C(C)(C)F)on1)C2(C)C)C(=O)COc1c(F)c(F)cc(F)c1F. The summed E-state index contributed by atoms with van der Waals surface area (Å²) in [6, 6.07) is -1.05. The predicted octanol–water partition coefficient (Wildman–Crippen LogP) is 3.69. The Kier molecular flexibility index (Phi) is 6.77. The van der Waals surface area contributed by atoms with Crippen molar-refractivity contribution in [1.82, 2.24) is 15.4 Å². The highest BCUT2D eigenvalue weighted by Crippen LogP contribution is 2.65. The molecular weight excluding hydrogens is 517 g/mol. The Balaban J connectivity index is 1.45. The maximum absolute atomic E-state index is 14.2. The molecule has 1 aliphatic heterocycles. The molecule has 1 saturated carbocycles. The van der Waals surface area contributed by atoms with Crippen LogP contribution in [0.1, 0.15) is 50.9 Å². The number of hydrogen-bond acceptors (Lipinski definition) is 6. The van der Waals surface area contributed by atoms with Gasteiger partial charge in [-0.1, -0.05) is 19.0 Å². The lowest BCUT2D eigenvalue weighted by Crippen LogP contribution is -2.53. The lowest BCUT2D eigenvalue weighted by atomic mass is 9.99. The van der Waals surface area contributed by atoms with Gasteiger partial charge in [-0.15, -0.1) is 0 Å². The molecule has 206 valence electrons. The molecule has 0 bridgehead atoms. The van der Waals surface area contributed by atoms with Crippen molar-refractivity contribution >= 4 is 17.6 Å². The summed E-state index contributed by atoms with van der Waals surface area (Å²) in [4.78, 5) is 40.2. The molecule has 2 heterocycles. The number of nitrogens with one attached hydrogen (secondary N) is 1. The Bertz CT molecular complexity index is 1280. The van der Waals surface area contributed by atoms with Crippen LogP contribution in [0.5, 0.6) is 5.75 Å². The number of piperidine rings is 1. The summed E-state index contributed by atoms with van der Waals surface area (Å²) in [6.45, 7) is 6.87. The molecule has 1 saturated heterocycles. The van der Waals surface area contributed by atoms with E-state index in [1.165, 1.54) is 31.7 Å². The predicted molar refractivity (Wildman–Crippen MR) is 121 cm³/mol. The number of rotatable bonds is 8. The number of benzene rings is 1. The number of ether oxygens (including phenoxy) is 1. The number of hydrogen-bond donors (Lipinski definition) is 1. The topological polar surface area (TPSA) is 102 Å². The number of likely N-dealkylation sites (tertiary alicyclic amines) is 1. The van der Waals surface area contributed by atoms with E-state index in [1.54, 1.807) is 0 Å². The summed E-state index contributed by atoms with van der Waals surface area (Å²) in [6.07, 6.45) is 0. The minimum absolute atomic E-state index is 0.00178. The molecule has 4 atom stereocenters. The first-order chi connectivity index (χ1) is 17.6. The van der Waals surface area contributed by atoms with Crippen molar-refractivity contribution in [2.24, 2.45) is 17.3 Å². The summed E-state index contributed by atoms with van der Waals surface area (Å²) in [5.41, 5.74) is -2.31. The van der Waals surface area contributed by atoms with E-state index in [0.29, 0.717) is 0 Å². The summed E-state index contributed by atoms with van der Waals surface area (Å²) >= 11 is 0. The van der Waals surface area contributed by atoms with E-state index < -0.39 is 71.0 Å². The quantitative estimate of drug-likeness (QED) is 0.403. The number of halogens is 5. The first kappa shape index (κ1) is 27.5. The van der Waals surface area contributed by atoms with Gasteiger partial charge in [-0.05, 0) is 38.0 Å². The number of amides is 2. The van der Waals surface area contributed by atoms with Crippen LogP contribution < -0.4 is 10.1 Å². The third kappa shape index (κ3) is 4.73. The number of fused-ring (bicyclic) bond motifs is 1. The van der Waals surface area contributed by atoms with Crippen LogP contribution in [0.15, 0.2) is 16.7 Å². The number of Topliss-reactive ketones (excluding diaryl/α,β-unsaturated/α-hetero) is 1. The second-order valence-electron chi connectivity index (χ2n) is 10.7. The van der Waals surface area contributed by atoms with Crippen molar-refractivity contribution in [3.05, 3.63) is 46.9 Å². The number of nitrogens with zero attached hydrogens (tertiary/aromatic N) is 2. The molecule has 4 rings (SSSR count). The van der Waals surface area contributed by atoms with Gasteiger partial charge in [-0.2, -0.15) is 8.78 Å². The van der Waals surface area contributed by atoms with Gasteiger partial charge in [0, 0.05) is 18.7 Å². The highest BCUT2D eigenvalue weighted by atomic mass is 19.2. The fourth-order valence-electron chi connectivity index (χ4n) is 4.92. The summed E-state index contributed by atoms with van der Waals surface area (Å²) in [5.74, 6) is -11.0. The summed E-state index contributed by atoms with van der Waals surface area (Å²) in [5, 5.41) is 6.11. The van der Waals surface area contributed by atoms with Gasteiger partial charge in [-0.25, -0.2) is 13.2 Å². The van der Waals surface area contributed by atoms with Crippen LogP contribution in [-0.2, 0) is 15.3 Å². The standard InChI is InChI=1S/C25H26F5N3O5/c1-10(15(34)9-37-21-18(28)12(26)6-13(27)19(21)29)31-22(35)20-17-11(24(17,2)3)8-33(20)23(36)14-7-16(38-32-14)25(4,5)30/h6-7,10-11,17,20H,8-9H2,1-5H3,(H,31,35)/t10-,11-,17-,20-/m0/s1. The van der Waals surface area contributed by atoms with Gasteiger partial charge < -0.3 is 19.5 Å². The highest BCUT2D eigenvalue weighted by Gasteiger charge is 2.69. The summed E-state index contributed by atoms with van der Waals surface area (Å²) < 4.78 is 78.1. The third-order valence-corrected chi connectivity index (χ3v) is 7.33. The molecule has 2 amide bonds. The summed E-state index contributed by atoms with van der Waals surface area (Å²) in [7, 11) is 0. The molecule has 2 aromatic rings. The monoisotopic (exact) mass is 543 g/mol. The number of aromatic nitrogens is 1. The second-order valence-corrected chi connectivity index (χ2v) is 10.7. The van der Waals surface area contributed by atoms with Gasteiger partial charge >= 0.3 is 0 Å². The van der Waals surface area contributed by atoms with E-state index in [4.69, 9.17) is 4.52 Å². The van der Waals surface area contributed by atoms with Crippen LogP contribution in [0.25, 0.3) is 0 Å². The van der Waals surface area contributed by atoms with Gasteiger partial charge in [0.15, 0.2) is 40.3 Å². The van der Waals surface area contributed by atoms with E-state index in [0.717, 1.165) is 0 Å². The lowest BCUT2D eigenvalue weighted by molar-refractivity contribution is -0.131. The zero-order valence-electron chi connectivity index (χ0n) is 21.2. The van der Waals surface area contributed by atoms with Crippen molar-refractivity contribution < 1.29 is 45.6 Å². The number of ketones is 1. The van der Waals surface area contributed by atoms with Crippen LogP contribution in [0, 0.1) is 40.5 Å². The van der Waals surface area contributed by atoms with Gasteiger partial charge in [0.2, 0.25) is 17.5 Å². The number of carbonyl (C=O) groups is 3. The zero-order valence-corrected chi connectivity index (χ0v) is 21.2. The fraction of sp³-hybridized carbons (Fsp3) is 0.520. The Hall–Kier alpha value is -3.51. The van der Waals surface area contributed by atoms with Gasteiger partial charge in [0.1, 0.15) is 12.6 Å². The normalized spacial score (nSPS) is 22.6. The molecule has 0 unspecified atom stereocenters. The average Bonchev–Trinajstić information content (AvgIpc) is 3.27. The first-order valence-corrected chi connectivity index (χ1v) is 11.8. The Labute approximate surface area is 214 Å². The van der Waals surface area contributed by atoms with E-state index in [9.17, 15) is 36.3 Å². The Morgan fingerprint density at radius 2 is 1.79 bits per heavy atom. The van der Waals surface area contributed by atoms with Crippen molar-refractivity contribution in [2.75, 3.05) is 13.2 Å². The fourth-order valence-corrected chi connectivity index (χ4v) is 4.92. The smallest absolute Gasteiger partial charge is 0.276 e. The van der Waals surface area contributed by atoms with Gasteiger partial charge in [0.05, 0.1) is 6.04 Å². The molecule has 1 aromatic heterocycles. The van der Waals surface area contributed by atoms with Crippen molar-refractivity contribution in [3.8, 4) is 5.75 Å². The number of alkyl halides is 1. The largest absolute Gasteiger partial charge is 0.479 e. The van der Waals surface area contributed by atoms with E-state index >= 15 is 0 Å². The third-order valence-electron chi connectivity index (χ3n) is 7.33. The average molecular weight is 543 g/mol. The molecule has 1 aromatic carbocycles. The maximum Gasteiger partial charge on any atom is 0.276 e. The minimum atomic E-state index is -1.88. The minimum Gasteiger partial charge on any atom is -0.479 e. The molecule has 2 aliphatic rings. The highest BCUT2D eigenvalue weighted by molar-refractivity contribution is 5.98. The van der Waals surface area contributed by atoms with E-state index in [2.05, 4.69) is 15.2 Å². The van der Waals surface area contributed by atoms with Crippen molar-refractivity contribution in [2.45, 2.75) is 52.4 Å². The Morgan fingerprint density at radius 3 is 2.34 bits per heavy atom. The molecule has 1 aliphatic carbocycles. The van der Waals surface area contributed by atoms with Crippen LogP contribution >= 0.6 is 0 Å². The van der Waals surface area contributed by atoms with Gasteiger partial charge in [-0.3, -0.25) is 14.4 Å². The molecular formula is C25H26F5N3O5. The Morgan fingerprint density at radius 1 is 1.18 bits per heavy atom. The molecule has 13 heteroatoms. The van der Waals surface area contributed by atoms with Crippen LogP contribution in [0.3, 0.4) is 0 Å². The lowest BCUT2D eigenvalue weighted by Gasteiger charge is -2.30. The molecule has 38 heavy (non-hydrogen) atoms. The molecule has 2 fully saturated rings. The zero-order chi connectivity index (χ0) is 28.3. The number of carbonyl (C=O) groups excluding carboxylic acids is 3. The first-order valence-electron chi connectivity index (χ1n) is 11.8. The van der Waals surface area contributed by atoms with Crippen LogP contribution in [-0.4, -0.2) is 52.9 Å². The molecule has 0 spiro atoms. The van der Waals surface area contributed by atoms with Crippen molar-refractivity contribution in [3.63, 3.8) is 0 Å². The van der Waals surface area contributed by atoms with Crippen LogP contribution in [0.2, 0.25) is 0 Å². The van der Waals surface area contributed by atoms with Crippen molar-refractivity contribution in [1.29, 1.82) is 0 Å². The molecule has 0 radical (unpaired) electrons. The molecule has 1 N–H and O–H groups in total. The second kappa shape index (κ2) is 9.35. The molecule has 8 nitrogen and oxygen atoms in total. The van der Waals surface area contributed by atoms with Gasteiger partial charge in [0.25, 0.3) is 5.91 Å². The van der Waals surface area contributed by atoms with Crippen LogP contribution in [0.4, 0.5) is 22.0 Å².